The minimum atomic E-state index is -1.19. The molecular weight excluding hydrogens is 444 g/mol. The number of rotatable bonds is 7. The van der Waals surface area contributed by atoms with Crippen molar-refractivity contribution in [2.75, 3.05) is 6.61 Å². The van der Waals surface area contributed by atoms with Crippen LogP contribution >= 0.6 is 0 Å². The molecule has 0 fully saturated rings. The van der Waals surface area contributed by atoms with E-state index in [4.69, 9.17) is 9.72 Å². The normalized spacial score (nSPS) is 12.6. The Morgan fingerprint density at radius 1 is 1.18 bits per heavy atom. The highest BCUT2D eigenvalue weighted by Gasteiger charge is 2.23. The molecular formula is C25H34N6O2Si. The second-order valence-corrected chi connectivity index (χ2v) is 16.7. The molecule has 4 rings (SSSR count). The van der Waals surface area contributed by atoms with Crippen LogP contribution in [0.4, 0.5) is 0 Å². The summed E-state index contributed by atoms with van der Waals surface area (Å²) in [6.07, 6.45) is 5.29. The lowest BCUT2D eigenvalue weighted by Gasteiger charge is -2.20. The molecule has 0 unspecified atom stereocenters. The van der Waals surface area contributed by atoms with Crippen molar-refractivity contribution in [3.63, 3.8) is 0 Å². The summed E-state index contributed by atoms with van der Waals surface area (Å²) in [5.74, 6) is 0.376. The van der Waals surface area contributed by atoms with Gasteiger partial charge >= 0.3 is 0 Å². The van der Waals surface area contributed by atoms with E-state index in [-0.39, 0.29) is 11.4 Å². The average Bonchev–Trinajstić information content (AvgIpc) is 3.30. The number of nitrogens with one attached hydrogen (secondary N) is 1. The molecule has 1 amide bonds. The summed E-state index contributed by atoms with van der Waals surface area (Å²) >= 11 is 0. The first kappa shape index (κ1) is 24.1. The van der Waals surface area contributed by atoms with Crippen LogP contribution in [0.25, 0.3) is 27.9 Å². The molecule has 0 atom stereocenters. The Morgan fingerprint density at radius 2 is 1.94 bits per heavy atom. The molecule has 8 nitrogen and oxygen atoms in total. The van der Waals surface area contributed by atoms with Crippen molar-refractivity contribution < 1.29 is 9.53 Å². The molecule has 180 valence electrons. The summed E-state index contributed by atoms with van der Waals surface area (Å²) in [5.41, 5.74) is 3.33. The van der Waals surface area contributed by atoms with E-state index in [1.165, 1.54) is 0 Å². The van der Waals surface area contributed by atoms with E-state index < -0.39 is 8.07 Å². The minimum Gasteiger partial charge on any atom is -0.361 e. The lowest BCUT2D eigenvalue weighted by Crippen LogP contribution is -2.40. The zero-order valence-corrected chi connectivity index (χ0v) is 22.1. The molecule has 34 heavy (non-hydrogen) atoms. The number of carbonyl (C=O) groups excluding carboxylic acids is 1. The molecule has 0 saturated carbocycles. The third-order valence-electron chi connectivity index (χ3n) is 5.46. The zero-order valence-electron chi connectivity index (χ0n) is 21.1. The van der Waals surface area contributed by atoms with Gasteiger partial charge in [0.15, 0.2) is 11.5 Å². The second kappa shape index (κ2) is 8.96. The highest BCUT2D eigenvalue weighted by atomic mass is 28.3. The third kappa shape index (κ3) is 5.36. The Balaban J connectivity index is 1.74. The molecule has 0 radical (unpaired) electrons. The van der Waals surface area contributed by atoms with Crippen LogP contribution in [0.3, 0.4) is 0 Å². The number of hydrogen-bond acceptors (Lipinski definition) is 5. The molecule has 3 heterocycles. The topological polar surface area (TPSA) is 86.9 Å². The van der Waals surface area contributed by atoms with Crippen LogP contribution in [0.15, 0.2) is 36.8 Å². The van der Waals surface area contributed by atoms with Crippen LogP contribution in [0.5, 0.6) is 0 Å². The van der Waals surface area contributed by atoms with Crippen molar-refractivity contribution in [2.24, 2.45) is 0 Å². The summed E-state index contributed by atoms with van der Waals surface area (Å²) in [7, 11) is -1.19. The molecule has 0 aliphatic carbocycles. The van der Waals surface area contributed by atoms with Gasteiger partial charge in [0.25, 0.3) is 5.91 Å². The molecule has 0 spiro atoms. The number of aryl methyl sites for hydroxylation is 1. The lowest BCUT2D eigenvalue weighted by molar-refractivity contribution is 0.0886. The summed E-state index contributed by atoms with van der Waals surface area (Å²) in [6.45, 7) is 15.9. The molecule has 1 N–H and O–H groups in total. The standard InChI is InChI=1S/C25H34N6O2Si/c1-17-8-9-18-13-27-31(20(18)12-17)21-14-26-23-22(28-21)19(24(32)29-25(2,3)4)15-30(23)16-33-10-11-34(5,6)7/h8-9,12-15H,10-11,16H2,1-7H3,(H,29,32). The number of aromatic nitrogens is 5. The minimum absolute atomic E-state index is 0.189. The van der Waals surface area contributed by atoms with E-state index in [1.54, 1.807) is 17.1 Å². The van der Waals surface area contributed by atoms with Gasteiger partial charge in [-0.1, -0.05) is 31.8 Å². The van der Waals surface area contributed by atoms with Crippen molar-refractivity contribution >= 4 is 36.0 Å². The Morgan fingerprint density at radius 3 is 2.65 bits per heavy atom. The number of hydrogen-bond donors (Lipinski definition) is 1. The fourth-order valence-electron chi connectivity index (χ4n) is 3.67. The van der Waals surface area contributed by atoms with Crippen molar-refractivity contribution in [2.45, 2.75) is 65.6 Å². The van der Waals surface area contributed by atoms with Gasteiger partial charge < -0.3 is 14.6 Å². The van der Waals surface area contributed by atoms with Crippen LogP contribution in [0, 0.1) is 6.92 Å². The first-order valence-electron chi connectivity index (χ1n) is 11.6. The maximum absolute atomic E-state index is 13.2. The molecule has 0 aliphatic heterocycles. The van der Waals surface area contributed by atoms with Gasteiger partial charge in [-0.2, -0.15) is 5.10 Å². The third-order valence-corrected chi connectivity index (χ3v) is 7.16. The molecule has 9 heteroatoms. The largest absolute Gasteiger partial charge is 0.361 e. The van der Waals surface area contributed by atoms with E-state index >= 15 is 0 Å². The van der Waals surface area contributed by atoms with E-state index in [0.717, 1.165) is 22.5 Å². The molecule has 3 aromatic heterocycles. The fourth-order valence-corrected chi connectivity index (χ4v) is 4.43. The van der Waals surface area contributed by atoms with Gasteiger partial charge in [-0.05, 0) is 45.4 Å². The molecule has 0 aliphatic rings. The van der Waals surface area contributed by atoms with Crippen LogP contribution in [0.1, 0.15) is 36.7 Å². The SMILES string of the molecule is Cc1ccc2cnn(-c3cnc4c(n3)c(C(=O)NC(C)(C)C)cn4COCC[Si](C)(C)C)c2c1. The van der Waals surface area contributed by atoms with Gasteiger partial charge in [0.2, 0.25) is 0 Å². The predicted octanol–water partition coefficient (Wildman–Crippen LogP) is 4.92. The monoisotopic (exact) mass is 478 g/mol. The van der Waals surface area contributed by atoms with E-state index in [0.29, 0.717) is 35.9 Å². The second-order valence-electron chi connectivity index (χ2n) is 11.1. The molecule has 0 bridgehead atoms. The molecule has 0 saturated heterocycles. The number of amides is 1. The predicted molar refractivity (Wildman–Crippen MR) is 138 cm³/mol. The number of carbonyl (C=O) groups is 1. The number of ether oxygens (including phenoxy) is 1. The highest BCUT2D eigenvalue weighted by Crippen LogP contribution is 2.23. The first-order chi connectivity index (χ1) is 15.9. The summed E-state index contributed by atoms with van der Waals surface area (Å²) in [5, 5.41) is 8.59. The van der Waals surface area contributed by atoms with Gasteiger partial charge in [-0.15, -0.1) is 0 Å². The Kier molecular flexibility index (Phi) is 6.35. The van der Waals surface area contributed by atoms with Crippen molar-refractivity contribution in [3.05, 3.63) is 47.9 Å². The summed E-state index contributed by atoms with van der Waals surface area (Å²) < 4.78 is 9.58. The number of nitrogens with zero attached hydrogens (tertiary/aromatic N) is 5. The van der Waals surface area contributed by atoms with Crippen LogP contribution in [0.2, 0.25) is 25.7 Å². The van der Waals surface area contributed by atoms with Crippen LogP contribution in [-0.4, -0.2) is 50.4 Å². The van der Waals surface area contributed by atoms with Crippen LogP contribution in [-0.2, 0) is 11.5 Å². The molecule has 4 aromatic rings. The van der Waals surface area contributed by atoms with Crippen molar-refractivity contribution in [1.29, 1.82) is 0 Å². The maximum atomic E-state index is 13.2. The van der Waals surface area contributed by atoms with E-state index in [1.807, 2.05) is 44.5 Å². The van der Waals surface area contributed by atoms with E-state index in [9.17, 15) is 4.79 Å². The smallest absolute Gasteiger partial charge is 0.255 e. The number of benzene rings is 1. The first-order valence-corrected chi connectivity index (χ1v) is 15.3. The van der Waals surface area contributed by atoms with E-state index in [2.05, 4.69) is 47.2 Å². The van der Waals surface area contributed by atoms with Gasteiger partial charge in [0.1, 0.15) is 12.2 Å². The number of fused-ring (bicyclic) bond motifs is 2. The maximum Gasteiger partial charge on any atom is 0.255 e. The summed E-state index contributed by atoms with van der Waals surface area (Å²) in [4.78, 5) is 22.7. The van der Waals surface area contributed by atoms with Gasteiger partial charge in [0.05, 0.1) is 23.5 Å². The average molecular weight is 479 g/mol. The van der Waals surface area contributed by atoms with Gasteiger partial charge in [-0.25, -0.2) is 14.6 Å². The quantitative estimate of drug-likeness (QED) is 0.301. The van der Waals surface area contributed by atoms with Gasteiger partial charge in [-0.3, -0.25) is 4.79 Å². The van der Waals surface area contributed by atoms with Gasteiger partial charge in [0, 0.05) is 31.8 Å². The zero-order chi connectivity index (χ0) is 24.7. The Bertz CT molecular complexity index is 1340. The summed E-state index contributed by atoms with van der Waals surface area (Å²) in [6, 6.07) is 7.24. The van der Waals surface area contributed by atoms with Crippen LogP contribution < -0.4 is 5.32 Å². The Labute approximate surface area is 201 Å². The molecule has 1 aromatic carbocycles. The van der Waals surface area contributed by atoms with Crippen molar-refractivity contribution in [1.82, 2.24) is 29.6 Å². The lowest BCUT2D eigenvalue weighted by atomic mass is 10.1. The van der Waals surface area contributed by atoms with Crippen molar-refractivity contribution in [3.8, 4) is 5.82 Å². The fraction of sp³-hybridized carbons (Fsp3) is 0.440. The highest BCUT2D eigenvalue weighted by molar-refractivity contribution is 6.76. The Hall–Kier alpha value is -3.04.